The summed E-state index contributed by atoms with van der Waals surface area (Å²) in [5, 5.41) is 9.87. The van der Waals surface area contributed by atoms with Crippen LogP contribution < -0.4 is 30.3 Å². The van der Waals surface area contributed by atoms with Crippen LogP contribution in [-0.2, 0) is 13.1 Å². The Morgan fingerprint density at radius 2 is 2.04 bits per heavy atom. The maximum Gasteiger partial charge on any atom is 0.213 e. The molecule has 1 saturated carbocycles. The van der Waals surface area contributed by atoms with Gasteiger partial charge < -0.3 is 34.5 Å². The van der Waals surface area contributed by atoms with Crippen molar-refractivity contribution >= 4 is 22.4 Å². The zero-order valence-electron chi connectivity index (χ0n) is 27.5. The monoisotopic (exact) mass is 658 g/mol. The number of nitrogens with two attached hydrogens (primary N) is 1. The second-order valence-electron chi connectivity index (χ2n) is 13.4. The van der Waals surface area contributed by atoms with Crippen molar-refractivity contribution in [2.75, 3.05) is 44.0 Å². The molecule has 48 heavy (non-hydrogen) atoms. The average molecular weight is 659 g/mol. The highest BCUT2D eigenvalue weighted by atomic mass is 19.1. The number of methoxy groups -OCH3 is 1. The van der Waals surface area contributed by atoms with Crippen molar-refractivity contribution in [1.29, 1.82) is 0 Å². The van der Waals surface area contributed by atoms with Gasteiger partial charge in [0.05, 0.1) is 42.0 Å². The Hall–Kier alpha value is -4.42. The van der Waals surface area contributed by atoms with E-state index < -0.39 is 5.82 Å². The van der Waals surface area contributed by atoms with E-state index in [-0.39, 0.29) is 53.0 Å². The maximum atomic E-state index is 15.9. The summed E-state index contributed by atoms with van der Waals surface area (Å²) in [5.74, 6) is 0.869. The van der Waals surface area contributed by atoms with Crippen LogP contribution in [0.1, 0.15) is 56.2 Å². The molecule has 1 aliphatic carbocycles. The number of piperidine rings is 1. The van der Waals surface area contributed by atoms with Gasteiger partial charge in [-0.3, -0.25) is 9.69 Å². The highest BCUT2D eigenvalue weighted by Gasteiger charge is 2.33. The van der Waals surface area contributed by atoms with Gasteiger partial charge in [-0.05, 0) is 74.8 Å². The summed E-state index contributed by atoms with van der Waals surface area (Å²) < 4.78 is 35.6. The predicted molar refractivity (Wildman–Crippen MR) is 181 cm³/mol. The number of hydrogen-bond acceptors (Lipinski definition) is 10. The molecule has 0 radical (unpaired) electrons. The molecule has 2 aliphatic heterocycles. The molecule has 3 N–H and O–H groups in total. The van der Waals surface area contributed by atoms with Crippen molar-refractivity contribution in [2.24, 2.45) is 5.92 Å². The summed E-state index contributed by atoms with van der Waals surface area (Å²) in [4.78, 5) is 27.5. The number of rotatable bonds is 10. The minimum absolute atomic E-state index is 0.0478. The number of pyridine rings is 3. The van der Waals surface area contributed by atoms with Crippen molar-refractivity contribution in [3.63, 3.8) is 0 Å². The molecule has 0 bridgehead atoms. The normalized spacial score (nSPS) is 22.2. The van der Waals surface area contributed by atoms with Crippen molar-refractivity contribution in [3.05, 3.63) is 76.1 Å². The molecule has 2 fully saturated rings. The molecular weight excluding hydrogens is 615 g/mol. The molecule has 1 saturated heterocycles. The van der Waals surface area contributed by atoms with E-state index in [1.807, 2.05) is 48.1 Å². The summed E-state index contributed by atoms with van der Waals surface area (Å²) in [5.41, 5.74) is 8.81. The van der Waals surface area contributed by atoms with E-state index in [4.69, 9.17) is 19.9 Å². The minimum Gasteiger partial charge on any atom is -0.485 e. The lowest BCUT2D eigenvalue weighted by molar-refractivity contribution is 0.156. The molecule has 3 aromatic heterocycles. The third kappa shape index (κ3) is 6.38. The Morgan fingerprint density at radius 1 is 1.17 bits per heavy atom. The van der Waals surface area contributed by atoms with Crippen LogP contribution in [0.25, 0.3) is 10.9 Å². The summed E-state index contributed by atoms with van der Waals surface area (Å²) in [6.45, 7) is 5.02. The minimum atomic E-state index is -0.610. The first-order chi connectivity index (χ1) is 23.3. The third-order valence-electron chi connectivity index (χ3n) is 10.0. The van der Waals surface area contributed by atoms with Gasteiger partial charge in [0.25, 0.3) is 0 Å². The standard InChI is InChI=1S/C36H43FN6O5/c1-22-21-47-36-33-29(14-30(37)35(36)48-28-7-5-24(12-28)20-44)34(45)25(18-43(22)33)17-42(16-23-9-10-39-32(13-23)46-2)27-4-3-11-41(19-27)26-6-8-31(38)40-15-26/h6,8-10,13-15,18,22,24,27-28,44H,3-5,7,11-12,16-17,19-21H2,1-2H3,(H2,38,40)/t22?,24?,27-,28?/m1/s1. The van der Waals surface area contributed by atoms with E-state index >= 15 is 4.39 Å². The van der Waals surface area contributed by atoms with Crippen LogP contribution in [0.3, 0.4) is 0 Å². The average Bonchev–Trinajstić information content (AvgIpc) is 3.57. The van der Waals surface area contributed by atoms with E-state index in [1.54, 1.807) is 13.3 Å². The van der Waals surface area contributed by atoms with Crippen LogP contribution in [0.5, 0.6) is 17.4 Å². The van der Waals surface area contributed by atoms with Gasteiger partial charge in [0, 0.05) is 62.9 Å². The third-order valence-corrected chi connectivity index (χ3v) is 10.0. The zero-order valence-corrected chi connectivity index (χ0v) is 27.5. The topological polar surface area (TPSA) is 128 Å². The van der Waals surface area contributed by atoms with Gasteiger partial charge in [0.1, 0.15) is 12.4 Å². The number of anilines is 2. The molecule has 0 amide bonds. The van der Waals surface area contributed by atoms with Crippen LogP contribution in [0.2, 0.25) is 0 Å². The number of aliphatic hydroxyl groups excluding tert-OH is 1. The number of ether oxygens (including phenoxy) is 3. The lowest BCUT2D eigenvalue weighted by atomic mass is 10.0. The number of halogens is 1. The molecular formula is C36H43FN6O5. The first kappa shape index (κ1) is 32.1. The quantitative estimate of drug-likeness (QED) is 0.248. The highest BCUT2D eigenvalue weighted by Crippen LogP contribution is 2.43. The SMILES string of the molecule is COc1cc(CN(Cc2cn3c4c(c(OC5CCC(CO)C5)c(F)cc4c2=O)OCC3C)[C@@H]2CCCN(c3ccc(N)nc3)C2)ccn1. The molecule has 3 aliphatic rings. The molecule has 5 heterocycles. The lowest BCUT2D eigenvalue weighted by Gasteiger charge is -2.40. The van der Waals surface area contributed by atoms with Crippen molar-refractivity contribution in [3.8, 4) is 17.4 Å². The molecule has 7 rings (SSSR count). The summed E-state index contributed by atoms with van der Waals surface area (Å²) in [6.07, 6.45) is 9.38. The first-order valence-electron chi connectivity index (χ1n) is 16.8. The van der Waals surface area contributed by atoms with Crippen LogP contribution >= 0.6 is 0 Å². The van der Waals surface area contributed by atoms with E-state index in [1.165, 1.54) is 6.07 Å². The van der Waals surface area contributed by atoms with Crippen LogP contribution in [0, 0.1) is 11.7 Å². The summed E-state index contributed by atoms with van der Waals surface area (Å²) >= 11 is 0. The molecule has 4 aromatic rings. The highest BCUT2D eigenvalue weighted by molar-refractivity contribution is 5.89. The Balaban J connectivity index is 1.25. The fourth-order valence-corrected chi connectivity index (χ4v) is 7.45. The smallest absolute Gasteiger partial charge is 0.213 e. The zero-order chi connectivity index (χ0) is 33.4. The molecule has 11 nitrogen and oxygen atoms in total. The lowest BCUT2D eigenvalue weighted by Crippen LogP contribution is -2.48. The van der Waals surface area contributed by atoms with Crippen LogP contribution in [0.15, 0.2) is 53.7 Å². The van der Waals surface area contributed by atoms with E-state index in [0.29, 0.717) is 48.9 Å². The number of aliphatic hydroxyl groups is 1. The molecule has 4 atom stereocenters. The number of hydrogen-bond donors (Lipinski definition) is 2. The number of nitrogens with zero attached hydrogens (tertiary/aromatic N) is 5. The maximum absolute atomic E-state index is 15.9. The van der Waals surface area contributed by atoms with Crippen molar-refractivity contribution in [1.82, 2.24) is 19.4 Å². The number of benzene rings is 1. The summed E-state index contributed by atoms with van der Waals surface area (Å²) in [7, 11) is 1.60. The van der Waals surface area contributed by atoms with Gasteiger partial charge in [0.2, 0.25) is 5.88 Å². The largest absolute Gasteiger partial charge is 0.485 e. The Morgan fingerprint density at radius 3 is 2.81 bits per heavy atom. The second-order valence-corrected chi connectivity index (χ2v) is 13.4. The fourth-order valence-electron chi connectivity index (χ4n) is 7.45. The molecule has 0 spiro atoms. The molecule has 254 valence electrons. The Kier molecular flexibility index (Phi) is 9.11. The van der Waals surface area contributed by atoms with E-state index in [9.17, 15) is 9.90 Å². The van der Waals surface area contributed by atoms with Crippen molar-refractivity contribution < 1.29 is 23.7 Å². The van der Waals surface area contributed by atoms with Crippen molar-refractivity contribution in [2.45, 2.75) is 70.3 Å². The van der Waals surface area contributed by atoms with Gasteiger partial charge >= 0.3 is 0 Å². The number of aromatic nitrogens is 3. The first-order valence-corrected chi connectivity index (χ1v) is 16.8. The van der Waals surface area contributed by atoms with Gasteiger partial charge in [-0.25, -0.2) is 14.4 Å². The molecule has 3 unspecified atom stereocenters. The number of nitrogen functional groups attached to an aromatic ring is 1. The van der Waals surface area contributed by atoms with Gasteiger partial charge in [-0.1, -0.05) is 0 Å². The second kappa shape index (κ2) is 13.6. The Bertz CT molecular complexity index is 1830. The van der Waals surface area contributed by atoms with Crippen LogP contribution in [-0.4, -0.2) is 70.1 Å². The van der Waals surface area contributed by atoms with E-state index in [2.05, 4.69) is 19.8 Å². The predicted octanol–water partition coefficient (Wildman–Crippen LogP) is 4.69. The van der Waals surface area contributed by atoms with Gasteiger partial charge in [0.15, 0.2) is 22.7 Å². The van der Waals surface area contributed by atoms with Crippen LogP contribution in [0.4, 0.5) is 15.9 Å². The van der Waals surface area contributed by atoms with Gasteiger partial charge in [-0.2, -0.15) is 0 Å². The van der Waals surface area contributed by atoms with E-state index in [0.717, 1.165) is 50.0 Å². The molecule has 12 heteroatoms. The van der Waals surface area contributed by atoms with Gasteiger partial charge in [-0.15, -0.1) is 0 Å². The fraction of sp³-hybridized carbons (Fsp3) is 0.472. The summed E-state index contributed by atoms with van der Waals surface area (Å²) in [6, 6.07) is 9.04. The molecule has 1 aromatic carbocycles. The Labute approximate surface area is 279 Å².